The van der Waals surface area contributed by atoms with E-state index in [1.165, 1.54) is 0 Å². The second kappa shape index (κ2) is 6.31. The van der Waals surface area contributed by atoms with Crippen molar-refractivity contribution in [1.82, 2.24) is 4.98 Å². The van der Waals surface area contributed by atoms with Gasteiger partial charge in [-0.15, -0.1) is 0 Å². The van der Waals surface area contributed by atoms with Crippen molar-refractivity contribution in [3.63, 3.8) is 0 Å². The molecule has 0 amide bonds. The molecule has 5 nitrogen and oxygen atoms in total. The molecule has 0 aliphatic carbocycles. The van der Waals surface area contributed by atoms with Crippen LogP contribution >= 0.6 is 0 Å². The van der Waals surface area contributed by atoms with Gasteiger partial charge in [-0.25, -0.2) is 9.59 Å². The summed E-state index contributed by atoms with van der Waals surface area (Å²) in [5.41, 5.74) is 2.11. The number of rotatable bonds is 1. The van der Waals surface area contributed by atoms with Crippen LogP contribution in [0.25, 0.3) is 6.08 Å². The van der Waals surface area contributed by atoms with E-state index < -0.39 is 11.9 Å². The van der Waals surface area contributed by atoms with Gasteiger partial charge in [0.05, 0.1) is 0 Å². The van der Waals surface area contributed by atoms with Crippen molar-refractivity contribution < 1.29 is 19.8 Å². The molecule has 1 rings (SSSR count). The van der Waals surface area contributed by atoms with Crippen LogP contribution in [0.4, 0.5) is 0 Å². The molecule has 0 spiro atoms. The highest BCUT2D eigenvalue weighted by atomic mass is 16.4. The first kappa shape index (κ1) is 12.8. The molecular formula is C10H11NO4. The number of carboxylic acid groups (broad SMARTS) is 2. The van der Waals surface area contributed by atoms with Crippen LogP contribution in [0, 0.1) is 6.92 Å². The number of pyridine rings is 1. The van der Waals surface area contributed by atoms with E-state index in [-0.39, 0.29) is 0 Å². The molecule has 2 N–H and O–H groups in total. The number of hydrogen-bond acceptors (Lipinski definition) is 3. The van der Waals surface area contributed by atoms with Gasteiger partial charge in [0.2, 0.25) is 0 Å². The minimum absolute atomic E-state index is 1.04. The normalized spacial score (nSPS) is 8.33. The molecular weight excluding hydrogens is 198 g/mol. The van der Waals surface area contributed by atoms with Crippen molar-refractivity contribution in [2.75, 3.05) is 0 Å². The Morgan fingerprint density at radius 1 is 1.33 bits per heavy atom. The molecule has 5 heteroatoms. The number of nitrogens with zero attached hydrogens (tertiary/aromatic N) is 1. The SMILES string of the molecule is C=Cc1ccc(C)nc1.O=C(O)C(=O)O. The minimum atomic E-state index is -1.82. The predicted molar refractivity (Wildman–Crippen MR) is 54.3 cm³/mol. The van der Waals surface area contributed by atoms with Gasteiger partial charge in [0, 0.05) is 11.9 Å². The fourth-order valence-electron chi connectivity index (χ4n) is 0.600. The summed E-state index contributed by atoms with van der Waals surface area (Å²) < 4.78 is 0. The highest BCUT2D eigenvalue weighted by Gasteiger charge is 2.04. The Labute approximate surface area is 86.7 Å². The van der Waals surface area contributed by atoms with Crippen molar-refractivity contribution in [3.8, 4) is 0 Å². The Bertz CT molecular complexity index is 344. The molecule has 0 radical (unpaired) electrons. The third-order valence-electron chi connectivity index (χ3n) is 1.35. The number of hydrogen-bond donors (Lipinski definition) is 2. The van der Waals surface area contributed by atoms with Gasteiger partial charge < -0.3 is 10.2 Å². The van der Waals surface area contributed by atoms with Gasteiger partial charge in [-0.2, -0.15) is 0 Å². The molecule has 80 valence electrons. The molecule has 1 heterocycles. The van der Waals surface area contributed by atoms with Gasteiger partial charge in [-0.1, -0.05) is 18.7 Å². The maximum Gasteiger partial charge on any atom is 0.414 e. The molecule has 0 aliphatic rings. The van der Waals surface area contributed by atoms with Crippen LogP contribution in [0.5, 0.6) is 0 Å². The molecule has 0 bridgehead atoms. The quantitative estimate of drug-likeness (QED) is 0.678. The van der Waals surface area contributed by atoms with Gasteiger partial charge in [0.25, 0.3) is 0 Å². The zero-order chi connectivity index (χ0) is 11.8. The van der Waals surface area contributed by atoms with Gasteiger partial charge in [-0.3, -0.25) is 4.98 Å². The predicted octanol–water partition coefficient (Wildman–Crippen LogP) is 1.19. The Hall–Kier alpha value is -2.17. The van der Waals surface area contributed by atoms with E-state index in [0.29, 0.717) is 0 Å². The summed E-state index contributed by atoms with van der Waals surface area (Å²) in [7, 11) is 0. The summed E-state index contributed by atoms with van der Waals surface area (Å²) in [5.74, 6) is -3.65. The van der Waals surface area contributed by atoms with Crippen molar-refractivity contribution in [2.45, 2.75) is 6.92 Å². The number of carbonyl (C=O) groups is 2. The summed E-state index contributed by atoms with van der Waals surface area (Å²) in [4.78, 5) is 22.3. The van der Waals surface area contributed by atoms with Crippen molar-refractivity contribution in [2.24, 2.45) is 0 Å². The molecule has 15 heavy (non-hydrogen) atoms. The van der Waals surface area contributed by atoms with Crippen LogP contribution in [0.2, 0.25) is 0 Å². The third-order valence-corrected chi connectivity index (χ3v) is 1.35. The first-order chi connectivity index (χ1) is 6.97. The Balaban J connectivity index is 0.000000288. The van der Waals surface area contributed by atoms with E-state index in [9.17, 15) is 0 Å². The topological polar surface area (TPSA) is 87.5 Å². The summed E-state index contributed by atoms with van der Waals surface area (Å²) >= 11 is 0. The Kier molecular flexibility index (Phi) is 5.40. The fraction of sp³-hybridized carbons (Fsp3) is 0.100. The van der Waals surface area contributed by atoms with Crippen LogP contribution in [-0.2, 0) is 9.59 Å². The summed E-state index contributed by atoms with van der Waals surface area (Å²) in [5, 5.41) is 14.8. The lowest BCUT2D eigenvalue weighted by Crippen LogP contribution is -2.09. The van der Waals surface area contributed by atoms with E-state index in [0.717, 1.165) is 11.3 Å². The molecule has 0 aromatic carbocycles. The minimum Gasteiger partial charge on any atom is -0.473 e. The maximum absolute atomic E-state index is 9.10. The smallest absolute Gasteiger partial charge is 0.414 e. The lowest BCUT2D eigenvalue weighted by molar-refractivity contribution is -0.159. The molecule has 0 unspecified atom stereocenters. The lowest BCUT2D eigenvalue weighted by Gasteiger charge is -1.90. The number of aryl methyl sites for hydroxylation is 1. The number of aromatic nitrogens is 1. The highest BCUT2D eigenvalue weighted by molar-refractivity contribution is 6.27. The summed E-state index contributed by atoms with van der Waals surface area (Å²) in [6.07, 6.45) is 3.59. The summed E-state index contributed by atoms with van der Waals surface area (Å²) in [6.45, 7) is 5.59. The fourth-order valence-corrected chi connectivity index (χ4v) is 0.600. The van der Waals surface area contributed by atoms with E-state index >= 15 is 0 Å². The van der Waals surface area contributed by atoms with E-state index in [1.54, 1.807) is 6.08 Å². The van der Waals surface area contributed by atoms with Crippen LogP contribution in [0.1, 0.15) is 11.3 Å². The molecule has 0 aliphatic heterocycles. The molecule has 1 aromatic rings. The lowest BCUT2D eigenvalue weighted by atomic mass is 10.2. The van der Waals surface area contributed by atoms with Gasteiger partial charge in [-0.05, 0) is 18.6 Å². The maximum atomic E-state index is 9.10. The van der Waals surface area contributed by atoms with Crippen LogP contribution in [0.3, 0.4) is 0 Å². The second-order valence-corrected chi connectivity index (χ2v) is 2.55. The molecule has 0 saturated heterocycles. The van der Waals surface area contributed by atoms with Crippen molar-refractivity contribution in [1.29, 1.82) is 0 Å². The molecule has 1 aromatic heterocycles. The standard InChI is InChI=1S/C8H9N.C2H2O4/c1-3-8-5-4-7(2)9-6-8;3-1(4)2(5)6/h3-6H,1H2,2H3;(H,3,4)(H,5,6). The average molecular weight is 209 g/mol. The first-order valence-corrected chi connectivity index (χ1v) is 3.98. The Morgan fingerprint density at radius 2 is 1.87 bits per heavy atom. The van der Waals surface area contributed by atoms with E-state index in [4.69, 9.17) is 19.8 Å². The molecule has 0 atom stereocenters. The first-order valence-electron chi connectivity index (χ1n) is 3.98. The Morgan fingerprint density at radius 3 is 2.13 bits per heavy atom. The van der Waals surface area contributed by atoms with Crippen molar-refractivity contribution in [3.05, 3.63) is 36.2 Å². The van der Waals surface area contributed by atoms with Crippen LogP contribution in [0.15, 0.2) is 24.9 Å². The number of aliphatic carboxylic acids is 2. The van der Waals surface area contributed by atoms with Crippen LogP contribution in [-0.4, -0.2) is 27.1 Å². The van der Waals surface area contributed by atoms with Crippen molar-refractivity contribution >= 4 is 18.0 Å². The zero-order valence-corrected chi connectivity index (χ0v) is 8.17. The second-order valence-electron chi connectivity index (χ2n) is 2.55. The van der Waals surface area contributed by atoms with Gasteiger partial charge >= 0.3 is 11.9 Å². The van der Waals surface area contributed by atoms with Gasteiger partial charge in [0.15, 0.2) is 0 Å². The van der Waals surface area contributed by atoms with E-state index in [2.05, 4.69) is 11.6 Å². The number of carboxylic acids is 2. The largest absolute Gasteiger partial charge is 0.473 e. The zero-order valence-electron chi connectivity index (χ0n) is 8.17. The average Bonchev–Trinajstić information content (AvgIpc) is 2.20. The monoisotopic (exact) mass is 209 g/mol. The highest BCUT2D eigenvalue weighted by Crippen LogP contribution is 1.98. The van der Waals surface area contributed by atoms with Crippen LogP contribution < -0.4 is 0 Å². The molecule has 0 saturated carbocycles. The molecule has 0 fully saturated rings. The van der Waals surface area contributed by atoms with Gasteiger partial charge in [0.1, 0.15) is 0 Å². The third kappa shape index (κ3) is 5.98. The summed E-state index contributed by atoms with van der Waals surface area (Å²) in [6, 6.07) is 3.96. The van der Waals surface area contributed by atoms with E-state index in [1.807, 2.05) is 25.3 Å².